The molecule has 1 saturated carbocycles. The van der Waals surface area contributed by atoms with Crippen LogP contribution in [-0.4, -0.2) is 59.9 Å². The zero-order chi connectivity index (χ0) is 19.0. The van der Waals surface area contributed by atoms with Crippen molar-refractivity contribution in [3.8, 4) is 0 Å². The molecule has 28 heavy (non-hydrogen) atoms. The Labute approximate surface area is 167 Å². The second-order valence-corrected chi connectivity index (χ2v) is 8.76. The SMILES string of the molecule is Cc1cc(CN2CC[C@]3(c4ccccc4)CC[C@H](N4CCOCC4)C[C@@H]23)no1. The van der Waals surface area contributed by atoms with Gasteiger partial charge in [-0.3, -0.25) is 9.80 Å². The van der Waals surface area contributed by atoms with Crippen LogP contribution < -0.4 is 0 Å². The van der Waals surface area contributed by atoms with Gasteiger partial charge in [-0.15, -0.1) is 0 Å². The first kappa shape index (κ1) is 18.3. The predicted octanol–water partition coefficient (Wildman–Crippen LogP) is 3.38. The number of hydrogen-bond acceptors (Lipinski definition) is 5. The molecule has 1 aromatic heterocycles. The second-order valence-electron chi connectivity index (χ2n) is 8.76. The lowest BCUT2D eigenvalue weighted by molar-refractivity contribution is -0.00852. The Bertz CT molecular complexity index is 786. The molecule has 2 aliphatic heterocycles. The minimum atomic E-state index is 0.281. The predicted molar refractivity (Wildman–Crippen MR) is 108 cm³/mol. The fraction of sp³-hybridized carbons (Fsp3) is 0.609. The smallest absolute Gasteiger partial charge is 0.133 e. The third-order valence-electron chi connectivity index (χ3n) is 7.30. The summed E-state index contributed by atoms with van der Waals surface area (Å²) in [4.78, 5) is 5.35. The van der Waals surface area contributed by atoms with Crippen LogP contribution in [0, 0.1) is 6.92 Å². The lowest BCUT2D eigenvalue weighted by atomic mass is 9.64. The zero-order valence-corrected chi connectivity index (χ0v) is 16.8. The topological polar surface area (TPSA) is 41.7 Å². The molecule has 3 atom stereocenters. The van der Waals surface area contributed by atoms with Gasteiger partial charge in [-0.25, -0.2) is 0 Å². The second kappa shape index (κ2) is 7.62. The maximum absolute atomic E-state index is 5.60. The standard InChI is InChI=1S/C23H31N3O2/c1-18-15-20(24-28-18)17-26-10-9-23(19-5-3-2-4-6-19)8-7-21(16-22(23)26)25-11-13-27-14-12-25/h2-6,15,21-22H,7-14,16-17H2,1H3/t21-,22+,23-/m0/s1. The number of rotatable bonds is 4. The Morgan fingerprint density at radius 3 is 2.68 bits per heavy atom. The summed E-state index contributed by atoms with van der Waals surface area (Å²) >= 11 is 0. The van der Waals surface area contributed by atoms with Crippen LogP contribution in [0.2, 0.25) is 0 Å². The third-order valence-corrected chi connectivity index (χ3v) is 7.30. The highest BCUT2D eigenvalue weighted by molar-refractivity contribution is 5.31. The van der Waals surface area contributed by atoms with Crippen LogP contribution in [0.15, 0.2) is 40.9 Å². The molecular weight excluding hydrogens is 350 g/mol. The normalized spacial score (nSPS) is 31.8. The van der Waals surface area contributed by atoms with E-state index in [9.17, 15) is 0 Å². The van der Waals surface area contributed by atoms with E-state index in [1.165, 1.54) is 31.2 Å². The van der Waals surface area contributed by atoms with E-state index in [0.717, 1.165) is 50.8 Å². The van der Waals surface area contributed by atoms with Crippen LogP contribution in [0.5, 0.6) is 0 Å². The Kier molecular flexibility index (Phi) is 4.99. The number of hydrogen-bond donors (Lipinski definition) is 0. The van der Waals surface area contributed by atoms with Gasteiger partial charge >= 0.3 is 0 Å². The molecule has 0 N–H and O–H groups in total. The summed E-state index contributed by atoms with van der Waals surface area (Å²) in [7, 11) is 0. The van der Waals surface area contributed by atoms with Gasteiger partial charge in [0.15, 0.2) is 0 Å². The van der Waals surface area contributed by atoms with Crippen molar-refractivity contribution in [3.05, 3.63) is 53.4 Å². The molecule has 5 heteroatoms. The maximum atomic E-state index is 5.60. The molecule has 3 heterocycles. The summed E-state index contributed by atoms with van der Waals surface area (Å²) in [5.74, 6) is 0.901. The number of morpholine rings is 1. The van der Waals surface area contributed by atoms with Crippen molar-refractivity contribution in [1.29, 1.82) is 0 Å². The molecule has 2 aromatic rings. The van der Waals surface area contributed by atoms with Gasteiger partial charge in [0.25, 0.3) is 0 Å². The molecule has 0 radical (unpaired) electrons. The van der Waals surface area contributed by atoms with Gasteiger partial charge in [-0.1, -0.05) is 35.5 Å². The monoisotopic (exact) mass is 381 g/mol. The molecule has 5 nitrogen and oxygen atoms in total. The Morgan fingerprint density at radius 2 is 1.93 bits per heavy atom. The van der Waals surface area contributed by atoms with E-state index in [0.29, 0.717) is 12.1 Å². The first-order valence-electron chi connectivity index (χ1n) is 10.8. The molecule has 5 rings (SSSR count). The van der Waals surface area contributed by atoms with E-state index >= 15 is 0 Å². The average molecular weight is 382 g/mol. The van der Waals surface area contributed by atoms with Crippen molar-refractivity contribution in [2.24, 2.45) is 0 Å². The number of aryl methyl sites for hydroxylation is 1. The van der Waals surface area contributed by atoms with Gasteiger partial charge in [0.2, 0.25) is 0 Å². The van der Waals surface area contributed by atoms with Crippen molar-refractivity contribution < 1.29 is 9.26 Å². The highest BCUT2D eigenvalue weighted by Crippen LogP contribution is 2.50. The van der Waals surface area contributed by atoms with Crippen LogP contribution >= 0.6 is 0 Å². The summed E-state index contributed by atoms with van der Waals surface area (Å²) in [6.07, 6.45) is 5.06. The summed E-state index contributed by atoms with van der Waals surface area (Å²) in [5, 5.41) is 4.28. The van der Waals surface area contributed by atoms with E-state index in [-0.39, 0.29) is 5.41 Å². The Balaban J connectivity index is 1.42. The van der Waals surface area contributed by atoms with E-state index in [2.05, 4.69) is 51.4 Å². The quantitative estimate of drug-likeness (QED) is 0.812. The molecule has 0 spiro atoms. The van der Waals surface area contributed by atoms with Crippen LogP contribution in [0.4, 0.5) is 0 Å². The molecule has 3 aliphatic rings. The Hall–Kier alpha value is -1.69. The molecule has 1 aromatic carbocycles. The summed E-state index contributed by atoms with van der Waals surface area (Å²) < 4.78 is 10.9. The highest BCUT2D eigenvalue weighted by Gasteiger charge is 2.52. The van der Waals surface area contributed by atoms with Crippen molar-refractivity contribution in [1.82, 2.24) is 15.0 Å². The van der Waals surface area contributed by atoms with E-state index in [1.807, 2.05) is 6.92 Å². The van der Waals surface area contributed by atoms with Crippen LogP contribution in [0.1, 0.15) is 42.7 Å². The number of fused-ring (bicyclic) bond motifs is 1. The van der Waals surface area contributed by atoms with Crippen LogP contribution in [0.25, 0.3) is 0 Å². The number of ether oxygens (including phenoxy) is 1. The molecule has 2 saturated heterocycles. The number of aromatic nitrogens is 1. The van der Waals surface area contributed by atoms with Gasteiger partial charge in [0.1, 0.15) is 5.76 Å². The van der Waals surface area contributed by atoms with Crippen molar-refractivity contribution in [2.45, 2.75) is 56.7 Å². The lowest BCUT2D eigenvalue weighted by Crippen LogP contribution is -2.54. The average Bonchev–Trinajstić information content (AvgIpc) is 3.33. The zero-order valence-electron chi connectivity index (χ0n) is 16.8. The molecule has 3 fully saturated rings. The fourth-order valence-corrected chi connectivity index (χ4v) is 5.90. The summed E-state index contributed by atoms with van der Waals surface area (Å²) in [6.45, 7) is 7.94. The van der Waals surface area contributed by atoms with E-state index in [1.54, 1.807) is 0 Å². The molecular formula is C23H31N3O2. The van der Waals surface area contributed by atoms with Gasteiger partial charge in [-0.05, 0) is 44.7 Å². The number of benzene rings is 1. The molecule has 0 unspecified atom stereocenters. The van der Waals surface area contributed by atoms with Crippen LogP contribution in [0.3, 0.4) is 0 Å². The van der Waals surface area contributed by atoms with Gasteiger partial charge in [0, 0.05) is 43.2 Å². The molecule has 0 amide bonds. The Morgan fingerprint density at radius 1 is 1.11 bits per heavy atom. The minimum absolute atomic E-state index is 0.281. The first-order chi connectivity index (χ1) is 13.7. The largest absolute Gasteiger partial charge is 0.379 e. The van der Waals surface area contributed by atoms with Crippen molar-refractivity contribution in [2.75, 3.05) is 32.8 Å². The third kappa shape index (κ3) is 3.30. The van der Waals surface area contributed by atoms with Gasteiger partial charge < -0.3 is 9.26 Å². The van der Waals surface area contributed by atoms with Crippen LogP contribution in [-0.2, 0) is 16.7 Å². The molecule has 1 aliphatic carbocycles. The van der Waals surface area contributed by atoms with Gasteiger partial charge in [0.05, 0.1) is 18.9 Å². The first-order valence-corrected chi connectivity index (χ1v) is 10.8. The molecule has 0 bridgehead atoms. The van der Waals surface area contributed by atoms with E-state index < -0.39 is 0 Å². The van der Waals surface area contributed by atoms with Gasteiger partial charge in [-0.2, -0.15) is 0 Å². The maximum Gasteiger partial charge on any atom is 0.133 e. The minimum Gasteiger partial charge on any atom is -0.379 e. The molecule has 150 valence electrons. The highest BCUT2D eigenvalue weighted by atomic mass is 16.5. The fourth-order valence-electron chi connectivity index (χ4n) is 5.90. The summed E-state index contributed by atoms with van der Waals surface area (Å²) in [6, 6.07) is 14.6. The van der Waals surface area contributed by atoms with Crippen molar-refractivity contribution in [3.63, 3.8) is 0 Å². The number of nitrogens with zero attached hydrogens (tertiary/aromatic N) is 3. The summed E-state index contributed by atoms with van der Waals surface area (Å²) in [5.41, 5.74) is 2.87. The van der Waals surface area contributed by atoms with Crippen molar-refractivity contribution >= 4 is 0 Å². The number of likely N-dealkylation sites (tertiary alicyclic amines) is 1. The van der Waals surface area contributed by atoms with E-state index in [4.69, 9.17) is 9.26 Å². The lowest BCUT2D eigenvalue weighted by Gasteiger charge is -2.48.